The average molecular weight is 349 g/mol. The first kappa shape index (κ1) is 17.2. The van der Waals surface area contributed by atoms with E-state index in [0.717, 1.165) is 30.2 Å². The predicted octanol–water partition coefficient (Wildman–Crippen LogP) is 0.817. The Morgan fingerprint density at radius 1 is 1.17 bits per heavy atom. The monoisotopic (exact) mass is 349 g/mol. The second kappa shape index (κ2) is 8.48. The molecular formula is C17H23N3O3S. The van der Waals surface area contributed by atoms with Crippen LogP contribution in [0.1, 0.15) is 12.0 Å². The minimum atomic E-state index is -0.157. The molecule has 1 aromatic heterocycles. The summed E-state index contributed by atoms with van der Waals surface area (Å²) >= 11 is 1.88. The van der Waals surface area contributed by atoms with Crippen molar-refractivity contribution in [2.45, 2.75) is 18.9 Å². The largest absolute Gasteiger partial charge is 0.377 e. The van der Waals surface area contributed by atoms with Gasteiger partial charge in [-0.2, -0.15) is 11.8 Å². The van der Waals surface area contributed by atoms with E-state index in [-0.39, 0.29) is 17.9 Å². The van der Waals surface area contributed by atoms with Gasteiger partial charge in [-0.1, -0.05) is 0 Å². The zero-order chi connectivity index (χ0) is 16.8. The van der Waals surface area contributed by atoms with Crippen LogP contribution >= 0.6 is 11.8 Å². The van der Waals surface area contributed by atoms with Gasteiger partial charge in [-0.25, -0.2) is 0 Å². The molecule has 0 radical (unpaired) electrons. The van der Waals surface area contributed by atoms with Crippen molar-refractivity contribution in [1.29, 1.82) is 0 Å². The molecule has 0 spiro atoms. The Kier molecular flexibility index (Phi) is 6.09. The third-order valence-corrected chi connectivity index (χ3v) is 5.37. The summed E-state index contributed by atoms with van der Waals surface area (Å²) in [6.07, 6.45) is 4.08. The smallest absolute Gasteiger partial charge is 0.227 e. The number of amides is 2. The van der Waals surface area contributed by atoms with Gasteiger partial charge in [-0.05, 0) is 17.7 Å². The lowest BCUT2D eigenvalue weighted by molar-refractivity contribution is -0.143. The van der Waals surface area contributed by atoms with Crippen molar-refractivity contribution >= 4 is 23.6 Å². The van der Waals surface area contributed by atoms with Crippen LogP contribution in [0.3, 0.4) is 0 Å². The zero-order valence-electron chi connectivity index (χ0n) is 13.7. The number of morpholine rings is 1. The standard InChI is InChI=1S/C17H23N3O3S/c21-16(19-6-9-24-10-7-19)12-15-13-23-8-5-20(15)17(22)11-14-1-3-18-4-2-14/h1-4,15H,5-13H2/t15-/m1/s1. The maximum Gasteiger partial charge on any atom is 0.227 e. The van der Waals surface area contributed by atoms with Crippen LogP contribution in [0.2, 0.25) is 0 Å². The van der Waals surface area contributed by atoms with Crippen LogP contribution in [-0.4, -0.2) is 77.0 Å². The molecule has 0 saturated carbocycles. The molecule has 3 heterocycles. The van der Waals surface area contributed by atoms with Crippen molar-refractivity contribution < 1.29 is 14.3 Å². The van der Waals surface area contributed by atoms with Crippen molar-refractivity contribution in [2.24, 2.45) is 0 Å². The third kappa shape index (κ3) is 4.48. The Balaban J connectivity index is 1.60. The number of nitrogens with zero attached hydrogens (tertiary/aromatic N) is 3. The number of hydrogen-bond donors (Lipinski definition) is 0. The quantitative estimate of drug-likeness (QED) is 0.805. The fourth-order valence-electron chi connectivity index (χ4n) is 3.07. The topological polar surface area (TPSA) is 62.7 Å². The molecule has 1 aromatic rings. The zero-order valence-corrected chi connectivity index (χ0v) is 14.5. The predicted molar refractivity (Wildman–Crippen MR) is 92.8 cm³/mol. The highest BCUT2D eigenvalue weighted by molar-refractivity contribution is 7.99. The second-order valence-electron chi connectivity index (χ2n) is 6.05. The summed E-state index contributed by atoms with van der Waals surface area (Å²) in [6.45, 7) is 3.14. The lowest BCUT2D eigenvalue weighted by Crippen LogP contribution is -2.51. The van der Waals surface area contributed by atoms with Crippen molar-refractivity contribution in [1.82, 2.24) is 14.8 Å². The molecule has 2 aliphatic rings. The van der Waals surface area contributed by atoms with Gasteiger partial charge in [0.25, 0.3) is 0 Å². The normalized spacial score (nSPS) is 21.6. The Morgan fingerprint density at radius 3 is 2.67 bits per heavy atom. The first-order valence-electron chi connectivity index (χ1n) is 8.35. The average Bonchev–Trinajstić information content (AvgIpc) is 2.63. The number of aromatic nitrogens is 1. The van der Waals surface area contributed by atoms with Gasteiger partial charge in [0.15, 0.2) is 0 Å². The van der Waals surface area contributed by atoms with Crippen LogP contribution < -0.4 is 0 Å². The molecule has 0 unspecified atom stereocenters. The van der Waals surface area contributed by atoms with Crippen LogP contribution in [-0.2, 0) is 20.7 Å². The molecule has 0 N–H and O–H groups in total. The molecule has 2 amide bonds. The molecule has 1 atom stereocenters. The fraction of sp³-hybridized carbons (Fsp3) is 0.588. The van der Waals surface area contributed by atoms with E-state index in [4.69, 9.17) is 4.74 Å². The summed E-state index contributed by atoms with van der Waals surface area (Å²) in [5, 5.41) is 0. The Bertz CT molecular complexity index is 563. The molecule has 6 nitrogen and oxygen atoms in total. The minimum absolute atomic E-state index is 0.0523. The Morgan fingerprint density at radius 2 is 1.92 bits per heavy atom. The summed E-state index contributed by atoms with van der Waals surface area (Å²) in [5.74, 6) is 2.18. The molecule has 2 saturated heterocycles. The van der Waals surface area contributed by atoms with E-state index >= 15 is 0 Å². The SMILES string of the molecule is O=C(C[C@@H]1COCCN1C(=O)Cc1ccncc1)N1CCSCC1. The molecule has 0 bridgehead atoms. The lowest BCUT2D eigenvalue weighted by atomic mass is 10.1. The summed E-state index contributed by atoms with van der Waals surface area (Å²) in [5.41, 5.74) is 0.944. The van der Waals surface area contributed by atoms with Crippen LogP contribution in [0.4, 0.5) is 0 Å². The van der Waals surface area contributed by atoms with E-state index in [1.54, 1.807) is 12.4 Å². The van der Waals surface area contributed by atoms with Crippen molar-refractivity contribution in [2.75, 3.05) is 44.4 Å². The first-order valence-corrected chi connectivity index (χ1v) is 9.51. The van der Waals surface area contributed by atoms with E-state index in [2.05, 4.69) is 4.98 Å². The number of rotatable bonds is 4. The molecule has 7 heteroatoms. The van der Waals surface area contributed by atoms with Gasteiger partial charge in [0.2, 0.25) is 11.8 Å². The van der Waals surface area contributed by atoms with E-state index in [0.29, 0.717) is 32.6 Å². The number of hydrogen-bond acceptors (Lipinski definition) is 5. The van der Waals surface area contributed by atoms with Gasteiger partial charge in [-0.3, -0.25) is 14.6 Å². The third-order valence-electron chi connectivity index (χ3n) is 4.43. The first-order chi connectivity index (χ1) is 11.7. The molecule has 2 aliphatic heterocycles. The van der Waals surface area contributed by atoms with E-state index in [9.17, 15) is 9.59 Å². The summed E-state index contributed by atoms with van der Waals surface area (Å²) < 4.78 is 5.52. The second-order valence-corrected chi connectivity index (χ2v) is 7.27. The van der Waals surface area contributed by atoms with Gasteiger partial charge < -0.3 is 14.5 Å². The number of pyridine rings is 1. The van der Waals surface area contributed by atoms with Crippen molar-refractivity contribution in [3.63, 3.8) is 0 Å². The molecule has 24 heavy (non-hydrogen) atoms. The summed E-state index contributed by atoms with van der Waals surface area (Å²) in [6, 6.07) is 3.54. The Labute approximate surface area is 146 Å². The number of thioether (sulfide) groups is 1. The summed E-state index contributed by atoms with van der Waals surface area (Å²) in [7, 11) is 0. The number of carbonyl (C=O) groups excluding carboxylic acids is 2. The number of ether oxygens (including phenoxy) is 1. The molecule has 0 aromatic carbocycles. The van der Waals surface area contributed by atoms with Crippen molar-refractivity contribution in [3.8, 4) is 0 Å². The minimum Gasteiger partial charge on any atom is -0.377 e. The van der Waals surface area contributed by atoms with Gasteiger partial charge >= 0.3 is 0 Å². The molecule has 0 aliphatic carbocycles. The molecule has 3 rings (SSSR count). The van der Waals surface area contributed by atoms with Crippen LogP contribution in [0.15, 0.2) is 24.5 Å². The van der Waals surface area contributed by atoms with Gasteiger partial charge in [0.05, 0.1) is 25.7 Å². The van der Waals surface area contributed by atoms with E-state index < -0.39 is 0 Å². The van der Waals surface area contributed by atoms with E-state index in [1.807, 2.05) is 33.7 Å². The van der Waals surface area contributed by atoms with Gasteiger partial charge in [0.1, 0.15) is 0 Å². The maximum atomic E-state index is 12.7. The molecular weight excluding hydrogens is 326 g/mol. The fourth-order valence-corrected chi connectivity index (χ4v) is 3.98. The van der Waals surface area contributed by atoms with Crippen LogP contribution in [0, 0.1) is 0 Å². The highest BCUT2D eigenvalue weighted by Gasteiger charge is 2.30. The maximum absolute atomic E-state index is 12.7. The number of carbonyl (C=O) groups is 2. The molecule has 2 fully saturated rings. The van der Waals surface area contributed by atoms with Crippen LogP contribution in [0.5, 0.6) is 0 Å². The Hall–Kier alpha value is -1.60. The highest BCUT2D eigenvalue weighted by Crippen LogP contribution is 2.16. The van der Waals surface area contributed by atoms with Gasteiger partial charge in [-0.15, -0.1) is 0 Å². The van der Waals surface area contributed by atoms with Crippen LogP contribution in [0.25, 0.3) is 0 Å². The molecule has 130 valence electrons. The van der Waals surface area contributed by atoms with Crippen molar-refractivity contribution in [3.05, 3.63) is 30.1 Å². The van der Waals surface area contributed by atoms with E-state index in [1.165, 1.54) is 0 Å². The lowest BCUT2D eigenvalue weighted by Gasteiger charge is -2.37. The van der Waals surface area contributed by atoms with Gasteiger partial charge in [0, 0.05) is 50.0 Å². The highest BCUT2D eigenvalue weighted by atomic mass is 32.2. The summed E-state index contributed by atoms with van der Waals surface area (Å²) in [4.78, 5) is 32.9.